The number of benzene rings is 2. The Labute approximate surface area is 116 Å². The van der Waals surface area contributed by atoms with Gasteiger partial charge in [0.2, 0.25) is 0 Å². The van der Waals surface area contributed by atoms with E-state index in [0.29, 0.717) is 5.02 Å². The molecule has 3 nitrogen and oxygen atoms in total. The van der Waals surface area contributed by atoms with Gasteiger partial charge in [-0.1, -0.05) is 58.8 Å². The van der Waals surface area contributed by atoms with Gasteiger partial charge >= 0.3 is 0 Å². The fourth-order valence-electron chi connectivity index (χ4n) is 1.96. The third-order valence-corrected chi connectivity index (χ3v) is 3.30. The zero-order valence-electron chi connectivity index (χ0n) is 10.4. The number of para-hydroxylation sites is 1. The van der Waals surface area contributed by atoms with Gasteiger partial charge in [-0.2, -0.15) is 0 Å². The average molecular weight is 270 g/mol. The lowest BCUT2D eigenvalue weighted by Gasteiger charge is -2.08. The average Bonchev–Trinajstić information content (AvgIpc) is 2.89. The molecule has 0 aliphatic rings. The molecule has 0 amide bonds. The van der Waals surface area contributed by atoms with Crippen molar-refractivity contribution in [2.24, 2.45) is 0 Å². The highest BCUT2D eigenvalue weighted by Crippen LogP contribution is 2.25. The molecule has 0 radical (unpaired) electrons. The molecule has 4 heteroatoms. The van der Waals surface area contributed by atoms with Gasteiger partial charge in [-0.05, 0) is 19.1 Å². The second kappa shape index (κ2) is 4.86. The van der Waals surface area contributed by atoms with Gasteiger partial charge in [0.15, 0.2) is 0 Å². The summed E-state index contributed by atoms with van der Waals surface area (Å²) in [6.45, 7) is 2.06. The highest BCUT2D eigenvalue weighted by atomic mass is 35.5. The fraction of sp³-hybridized carbons (Fsp3) is 0.0667. The lowest BCUT2D eigenvalue weighted by Crippen LogP contribution is -2.00. The van der Waals surface area contributed by atoms with Crippen LogP contribution < -0.4 is 0 Å². The minimum atomic E-state index is 0.654. The van der Waals surface area contributed by atoms with E-state index < -0.39 is 0 Å². The summed E-state index contributed by atoms with van der Waals surface area (Å²) < 4.78 is 1.76. The van der Waals surface area contributed by atoms with Crippen molar-refractivity contribution in [3.05, 3.63) is 65.3 Å². The Kier molecular flexibility index (Phi) is 3.05. The molecule has 0 aliphatic heterocycles. The molecule has 2 aromatic carbocycles. The second-order valence-corrected chi connectivity index (χ2v) is 4.76. The van der Waals surface area contributed by atoms with Crippen LogP contribution in [0, 0.1) is 6.92 Å². The number of hydrogen-bond acceptors (Lipinski definition) is 2. The topological polar surface area (TPSA) is 30.7 Å². The Morgan fingerprint density at radius 1 is 1.00 bits per heavy atom. The van der Waals surface area contributed by atoms with Crippen LogP contribution in [-0.4, -0.2) is 15.0 Å². The second-order valence-electron chi connectivity index (χ2n) is 4.35. The van der Waals surface area contributed by atoms with Gasteiger partial charge in [0, 0.05) is 5.56 Å². The zero-order chi connectivity index (χ0) is 13.2. The predicted molar refractivity (Wildman–Crippen MR) is 76.5 cm³/mol. The molecule has 0 bridgehead atoms. The van der Waals surface area contributed by atoms with Gasteiger partial charge in [0.05, 0.1) is 22.6 Å². The molecular formula is C15H12ClN3. The SMILES string of the molecule is Cc1ccc(-c2cnnn2-c2ccccc2Cl)cc1. The summed E-state index contributed by atoms with van der Waals surface area (Å²) in [7, 11) is 0. The van der Waals surface area contributed by atoms with E-state index in [1.54, 1.807) is 10.9 Å². The van der Waals surface area contributed by atoms with Crippen molar-refractivity contribution in [1.82, 2.24) is 15.0 Å². The van der Waals surface area contributed by atoms with Crippen LogP contribution in [0.25, 0.3) is 16.9 Å². The molecule has 0 saturated heterocycles. The van der Waals surface area contributed by atoms with E-state index in [9.17, 15) is 0 Å². The monoisotopic (exact) mass is 269 g/mol. The Balaban J connectivity index is 2.13. The molecule has 3 aromatic rings. The van der Waals surface area contributed by atoms with Crippen LogP contribution in [0.3, 0.4) is 0 Å². The molecule has 19 heavy (non-hydrogen) atoms. The van der Waals surface area contributed by atoms with Gasteiger partial charge in [-0.15, -0.1) is 5.10 Å². The highest BCUT2D eigenvalue weighted by molar-refractivity contribution is 6.32. The highest BCUT2D eigenvalue weighted by Gasteiger charge is 2.10. The van der Waals surface area contributed by atoms with E-state index in [0.717, 1.165) is 16.9 Å². The Hall–Kier alpha value is -2.13. The minimum absolute atomic E-state index is 0.654. The molecular weight excluding hydrogens is 258 g/mol. The van der Waals surface area contributed by atoms with Gasteiger partial charge in [-0.25, -0.2) is 4.68 Å². The van der Waals surface area contributed by atoms with Crippen LogP contribution in [0.4, 0.5) is 0 Å². The molecule has 1 aromatic heterocycles. The fourth-order valence-corrected chi connectivity index (χ4v) is 2.17. The van der Waals surface area contributed by atoms with Crippen molar-refractivity contribution >= 4 is 11.6 Å². The quantitative estimate of drug-likeness (QED) is 0.706. The summed E-state index contributed by atoms with van der Waals surface area (Å²) in [5.41, 5.74) is 4.04. The maximum atomic E-state index is 6.21. The van der Waals surface area contributed by atoms with Crippen molar-refractivity contribution in [3.8, 4) is 16.9 Å². The van der Waals surface area contributed by atoms with Crippen LogP contribution in [0.15, 0.2) is 54.7 Å². The van der Waals surface area contributed by atoms with Gasteiger partial charge in [0.1, 0.15) is 0 Å². The molecule has 1 heterocycles. The first-order chi connectivity index (χ1) is 9.25. The van der Waals surface area contributed by atoms with Gasteiger partial charge < -0.3 is 0 Å². The van der Waals surface area contributed by atoms with Crippen molar-refractivity contribution in [1.29, 1.82) is 0 Å². The summed E-state index contributed by atoms with van der Waals surface area (Å²) in [4.78, 5) is 0. The molecule has 94 valence electrons. The summed E-state index contributed by atoms with van der Waals surface area (Å²) in [5.74, 6) is 0. The Morgan fingerprint density at radius 2 is 1.74 bits per heavy atom. The van der Waals surface area contributed by atoms with Crippen molar-refractivity contribution in [2.45, 2.75) is 6.92 Å². The smallest absolute Gasteiger partial charge is 0.0944 e. The van der Waals surface area contributed by atoms with Crippen molar-refractivity contribution < 1.29 is 0 Å². The summed E-state index contributed by atoms with van der Waals surface area (Å²) in [5, 5.41) is 8.78. The first-order valence-electron chi connectivity index (χ1n) is 5.98. The lowest BCUT2D eigenvalue weighted by atomic mass is 10.1. The normalized spacial score (nSPS) is 10.6. The van der Waals surface area contributed by atoms with E-state index in [4.69, 9.17) is 11.6 Å². The van der Waals surface area contributed by atoms with E-state index >= 15 is 0 Å². The van der Waals surface area contributed by atoms with Crippen LogP contribution in [0.5, 0.6) is 0 Å². The molecule has 0 atom stereocenters. The van der Waals surface area contributed by atoms with Crippen molar-refractivity contribution in [2.75, 3.05) is 0 Å². The zero-order valence-corrected chi connectivity index (χ0v) is 11.2. The standard InChI is InChI=1S/C15H12ClN3/c1-11-6-8-12(9-7-11)15-10-17-18-19(15)14-5-3-2-4-13(14)16/h2-10H,1H3. The predicted octanol–water partition coefficient (Wildman–Crippen LogP) is 3.90. The molecule has 0 spiro atoms. The first kappa shape index (κ1) is 11.9. The molecule has 0 fully saturated rings. The summed E-state index contributed by atoms with van der Waals surface area (Å²) in [6, 6.07) is 15.9. The van der Waals surface area contributed by atoms with E-state index in [1.165, 1.54) is 5.56 Å². The van der Waals surface area contributed by atoms with Crippen molar-refractivity contribution in [3.63, 3.8) is 0 Å². The maximum absolute atomic E-state index is 6.21. The van der Waals surface area contributed by atoms with Crippen LogP contribution in [0.2, 0.25) is 5.02 Å². The van der Waals surface area contributed by atoms with E-state index in [1.807, 2.05) is 24.3 Å². The number of rotatable bonds is 2. The number of halogens is 1. The van der Waals surface area contributed by atoms with Gasteiger partial charge in [0.25, 0.3) is 0 Å². The number of hydrogen-bond donors (Lipinski definition) is 0. The third-order valence-electron chi connectivity index (χ3n) is 2.98. The maximum Gasteiger partial charge on any atom is 0.0944 e. The molecule has 0 saturated carbocycles. The number of aromatic nitrogens is 3. The Morgan fingerprint density at radius 3 is 2.47 bits per heavy atom. The lowest BCUT2D eigenvalue weighted by molar-refractivity contribution is 0.808. The summed E-state index contributed by atoms with van der Waals surface area (Å²) in [6.07, 6.45) is 1.74. The van der Waals surface area contributed by atoms with Gasteiger partial charge in [-0.3, -0.25) is 0 Å². The molecule has 0 aliphatic carbocycles. The van der Waals surface area contributed by atoms with Crippen LogP contribution in [0.1, 0.15) is 5.56 Å². The van der Waals surface area contributed by atoms with Crippen LogP contribution in [-0.2, 0) is 0 Å². The summed E-state index contributed by atoms with van der Waals surface area (Å²) >= 11 is 6.21. The number of aryl methyl sites for hydroxylation is 1. The Bertz CT molecular complexity index is 701. The first-order valence-corrected chi connectivity index (χ1v) is 6.36. The third kappa shape index (κ3) is 2.25. The minimum Gasteiger partial charge on any atom is -0.211 e. The molecule has 3 rings (SSSR count). The van der Waals surface area contributed by atoms with E-state index in [2.05, 4.69) is 41.5 Å². The van der Waals surface area contributed by atoms with Crippen LogP contribution >= 0.6 is 11.6 Å². The molecule has 0 unspecified atom stereocenters. The largest absolute Gasteiger partial charge is 0.211 e. The molecule has 0 N–H and O–H groups in total. The number of nitrogens with zero attached hydrogens (tertiary/aromatic N) is 3. The van der Waals surface area contributed by atoms with E-state index in [-0.39, 0.29) is 0 Å².